The minimum Gasteiger partial charge on any atom is -0.286 e. The average Bonchev–Trinajstić information content (AvgIpc) is 3.21. The van der Waals surface area contributed by atoms with Crippen LogP contribution in [0.25, 0.3) is 6.08 Å². The van der Waals surface area contributed by atoms with Crippen molar-refractivity contribution in [1.82, 2.24) is 4.90 Å². The van der Waals surface area contributed by atoms with Gasteiger partial charge in [0.15, 0.2) is 5.17 Å². The topological polar surface area (TPSA) is 66.8 Å². The molecule has 1 saturated heterocycles. The first-order valence-electron chi connectivity index (χ1n) is 7.37. The number of halogens is 2. The third kappa shape index (κ3) is 3.87. The summed E-state index contributed by atoms with van der Waals surface area (Å²) in [7, 11) is -3.89. The molecule has 1 aromatic carbocycles. The minimum absolute atomic E-state index is 0.0724. The summed E-state index contributed by atoms with van der Waals surface area (Å²) in [6.45, 7) is 1.98. The summed E-state index contributed by atoms with van der Waals surface area (Å²) in [6.07, 6.45) is 1.42. The van der Waals surface area contributed by atoms with Crippen LogP contribution in [0.15, 0.2) is 49.2 Å². The lowest BCUT2D eigenvalue weighted by atomic mass is 10.2. The van der Waals surface area contributed by atoms with Gasteiger partial charge >= 0.3 is 0 Å². The zero-order chi connectivity index (χ0) is 18.9. The van der Waals surface area contributed by atoms with Crippen molar-refractivity contribution in [3.05, 3.63) is 55.6 Å². The molecule has 0 unspecified atom stereocenters. The average molecular weight is 522 g/mol. The molecule has 0 bridgehead atoms. The van der Waals surface area contributed by atoms with Crippen LogP contribution in [-0.4, -0.2) is 30.9 Å². The van der Waals surface area contributed by atoms with E-state index in [-0.39, 0.29) is 26.4 Å². The fraction of sp³-hybridized carbons (Fsp3) is 0.125. The summed E-state index contributed by atoms with van der Waals surface area (Å²) in [5, 5.41) is 1.71. The van der Waals surface area contributed by atoms with Gasteiger partial charge in [-0.1, -0.05) is 18.2 Å². The summed E-state index contributed by atoms with van der Waals surface area (Å²) >= 11 is 3.86. The lowest BCUT2D eigenvalue weighted by Crippen LogP contribution is -2.29. The van der Waals surface area contributed by atoms with E-state index in [2.05, 4.69) is 4.40 Å². The maximum Gasteiger partial charge on any atom is 0.294 e. The zero-order valence-electron chi connectivity index (χ0n) is 13.3. The standard InChI is InChI=1S/C16H12FIN2O3S3/c1-2-20-15(21)12(9-10-5-3-6-11(18)14(10)17)25-16(20)19-26(22,23)13-7-4-8-24-13/h3-9H,2H2,1H3/b12-9-,19-16?. The normalized spacial score (nSPS) is 18.3. The van der Waals surface area contributed by atoms with Crippen LogP contribution in [0.1, 0.15) is 12.5 Å². The highest BCUT2D eigenvalue weighted by Gasteiger charge is 2.34. The van der Waals surface area contributed by atoms with Gasteiger partial charge in [-0.05, 0) is 64.9 Å². The van der Waals surface area contributed by atoms with Crippen molar-refractivity contribution in [3.63, 3.8) is 0 Å². The summed E-state index contributed by atoms with van der Waals surface area (Å²) in [6, 6.07) is 7.95. The van der Waals surface area contributed by atoms with E-state index >= 15 is 0 Å². The number of hydrogen-bond donors (Lipinski definition) is 0. The van der Waals surface area contributed by atoms with Crippen LogP contribution in [0.2, 0.25) is 0 Å². The van der Waals surface area contributed by atoms with Crippen LogP contribution in [0.5, 0.6) is 0 Å². The molecule has 1 fully saturated rings. The number of amidine groups is 1. The number of thiophene rings is 1. The van der Waals surface area contributed by atoms with Crippen LogP contribution in [0.4, 0.5) is 4.39 Å². The molecule has 1 aliphatic heterocycles. The number of hydrogen-bond acceptors (Lipinski definition) is 5. The third-order valence-electron chi connectivity index (χ3n) is 3.42. The van der Waals surface area contributed by atoms with Gasteiger partial charge in [0.1, 0.15) is 10.0 Å². The zero-order valence-corrected chi connectivity index (χ0v) is 18.0. The van der Waals surface area contributed by atoms with E-state index in [4.69, 9.17) is 0 Å². The molecular weight excluding hydrogens is 510 g/mol. The molecule has 136 valence electrons. The Labute approximate surface area is 172 Å². The minimum atomic E-state index is -3.89. The van der Waals surface area contributed by atoms with Gasteiger partial charge in [0.05, 0.1) is 4.91 Å². The first kappa shape index (κ1) is 19.5. The fourth-order valence-electron chi connectivity index (χ4n) is 2.19. The van der Waals surface area contributed by atoms with Crippen molar-refractivity contribution in [1.29, 1.82) is 0 Å². The van der Waals surface area contributed by atoms with Gasteiger partial charge in [-0.15, -0.1) is 15.7 Å². The highest BCUT2D eigenvalue weighted by Crippen LogP contribution is 2.34. The monoisotopic (exact) mass is 522 g/mol. The van der Waals surface area contributed by atoms with E-state index in [0.717, 1.165) is 23.1 Å². The van der Waals surface area contributed by atoms with E-state index in [1.54, 1.807) is 36.6 Å². The van der Waals surface area contributed by atoms with E-state index < -0.39 is 21.7 Å². The third-order valence-corrected chi connectivity index (χ3v) is 8.02. The highest BCUT2D eigenvalue weighted by atomic mass is 127. The summed E-state index contributed by atoms with van der Waals surface area (Å²) in [5.41, 5.74) is 0.270. The van der Waals surface area contributed by atoms with Gasteiger partial charge in [-0.25, -0.2) is 4.39 Å². The molecule has 1 aromatic heterocycles. The second-order valence-electron chi connectivity index (χ2n) is 5.08. The number of sulfonamides is 1. The van der Waals surface area contributed by atoms with Crippen LogP contribution in [0, 0.1) is 9.39 Å². The Morgan fingerprint density at radius 3 is 2.73 bits per heavy atom. The van der Waals surface area contributed by atoms with E-state index in [9.17, 15) is 17.6 Å². The lowest BCUT2D eigenvalue weighted by molar-refractivity contribution is -0.122. The smallest absolute Gasteiger partial charge is 0.286 e. The molecule has 10 heteroatoms. The van der Waals surface area contributed by atoms with Crippen molar-refractivity contribution < 1.29 is 17.6 Å². The Kier molecular flexibility index (Phi) is 5.85. The second kappa shape index (κ2) is 7.79. The Hall–Kier alpha value is -1.24. The molecular formula is C16H12FIN2O3S3. The van der Waals surface area contributed by atoms with E-state index in [1.165, 1.54) is 17.0 Å². The molecule has 0 atom stereocenters. The molecule has 2 heterocycles. The predicted octanol–water partition coefficient (Wildman–Crippen LogP) is 4.17. The van der Waals surface area contributed by atoms with Gasteiger partial charge in [0.25, 0.3) is 15.9 Å². The molecule has 0 N–H and O–H groups in total. The molecule has 0 saturated carbocycles. The maximum absolute atomic E-state index is 14.2. The number of benzene rings is 1. The van der Waals surface area contributed by atoms with Crippen molar-refractivity contribution in [2.24, 2.45) is 4.40 Å². The number of likely N-dealkylation sites (N-methyl/N-ethyl adjacent to an activating group) is 1. The van der Waals surface area contributed by atoms with Crippen LogP contribution >= 0.6 is 45.7 Å². The van der Waals surface area contributed by atoms with Crippen molar-refractivity contribution in [2.75, 3.05) is 6.54 Å². The molecule has 3 rings (SSSR count). The summed E-state index contributed by atoms with van der Waals surface area (Å²) in [5.74, 6) is -0.815. The summed E-state index contributed by atoms with van der Waals surface area (Å²) in [4.78, 5) is 14.1. The second-order valence-corrected chi connectivity index (χ2v) is 10.0. The number of amides is 1. The first-order valence-corrected chi connectivity index (χ1v) is 11.6. The molecule has 1 aliphatic rings. The largest absolute Gasteiger partial charge is 0.294 e. The Balaban J connectivity index is 2.00. The molecule has 26 heavy (non-hydrogen) atoms. The molecule has 5 nitrogen and oxygen atoms in total. The van der Waals surface area contributed by atoms with Crippen LogP contribution < -0.4 is 0 Å². The fourth-order valence-corrected chi connectivity index (χ4v) is 5.91. The molecule has 0 radical (unpaired) electrons. The number of carbonyl (C=O) groups excluding carboxylic acids is 1. The van der Waals surface area contributed by atoms with Crippen LogP contribution in [0.3, 0.4) is 0 Å². The Morgan fingerprint density at radius 1 is 1.31 bits per heavy atom. The van der Waals surface area contributed by atoms with Crippen molar-refractivity contribution in [2.45, 2.75) is 11.1 Å². The molecule has 2 aromatic rings. The molecule has 1 amide bonds. The molecule has 0 spiro atoms. The van der Waals surface area contributed by atoms with Gasteiger partial charge < -0.3 is 0 Å². The Morgan fingerprint density at radius 2 is 2.08 bits per heavy atom. The first-order chi connectivity index (χ1) is 12.3. The Bertz CT molecular complexity index is 1020. The maximum atomic E-state index is 14.2. The van der Waals surface area contributed by atoms with Gasteiger partial charge in [-0.3, -0.25) is 9.69 Å². The summed E-state index contributed by atoms with van der Waals surface area (Å²) < 4.78 is 43.3. The van der Waals surface area contributed by atoms with E-state index in [1.807, 2.05) is 22.6 Å². The van der Waals surface area contributed by atoms with Gasteiger partial charge in [0.2, 0.25) is 0 Å². The van der Waals surface area contributed by atoms with Gasteiger partial charge in [0, 0.05) is 15.7 Å². The predicted molar refractivity (Wildman–Crippen MR) is 111 cm³/mol. The SMILES string of the molecule is CCN1C(=O)/C(=C/c2cccc(I)c2F)SC1=NS(=O)(=O)c1cccs1. The quantitative estimate of drug-likeness (QED) is 0.447. The molecule has 0 aliphatic carbocycles. The van der Waals surface area contributed by atoms with Gasteiger partial charge in [-0.2, -0.15) is 8.42 Å². The number of rotatable bonds is 4. The highest BCUT2D eigenvalue weighted by molar-refractivity contribution is 14.1. The van der Waals surface area contributed by atoms with Crippen LogP contribution in [-0.2, 0) is 14.8 Å². The van der Waals surface area contributed by atoms with E-state index in [0.29, 0.717) is 3.57 Å². The van der Waals surface area contributed by atoms with Crippen molar-refractivity contribution in [3.8, 4) is 0 Å². The van der Waals surface area contributed by atoms with Crippen molar-refractivity contribution >= 4 is 72.9 Å². The number of carbonyl (C=O) groups is 1. The number of thioether (sulfide) groups is 1. The lowest BCUT2D eigenvalue weighted by Gasteiger charge is -2.11. The number of nitrogens with zero attached hydrogens (tertiary/aromatic N) is 2.